The molecule has 2 atom stereocenters. The Balaban J connectivity index is 2.51. The molecule has 0 spiro atoms. The number of rotatable bonds is 8. The molecule has 0 aliphatic heterocycles. The van der Waals surface area contributed by atoms with Crippen LogP contribution in [0, 0.1) is 12.8 Å². The molecule has 0 saturated heterocycles. The van der Waals surface area contributed by atoms with Crippen LogP contribution in [0.4, 0.5) is 0 Å². The lowest BCUT2D eigenvalue weighted by Crippen LogP contribution is -2.47. The molecule has 6 heteroatoms. The van der Waals surface area contributed by atoms with Crippen LogP contribution < -0.4 is 5.32 Å². The molecule has 0 saturated carbocycles. The average molecular weight is 347 g/mol. The van der Waals surface area contributed by atoms with Gasteiger partial charge in [0, 0.05) is 6.08 Å². The molecule has 0 fully saturated rings. The molecule has 0 aliphatic carbocycles. The molecular weight excluding hydrogens is 322 g/mol. The van der Waals surface area contributed by atoms with Crippen LogP contribution >= 0.6 is 0 Å². The number of carbonyl (C=O) groups is 3. The van der Waals surface area contributed by atoms with E-state index in [1.807, 2.05) is 45.0 Å². The number of benzene rings is 1. The van der Waals surface area contributed by atoms with Gasteiger partial charge in [-0.2, -0.15) is 0 Å². The first-order valence-corrected chi connectivity index (χ1v) is 8.16. The molecule has 0 unspecified atom stereocenters. The first-order chi connectivity index (χ1) is 11.9. The van der Waals surface area contributed by atoms with E-state index < -0.39 is 30.5 Å². The van der Waals surface area contributed by atoms with Crippen LogP contribution in [0.3, 0.4) is 0 Å². The molecule has 0 aromatic heterocycles. The van der Waals surface area contributed by atoms with Crippen molar-refractivity contribution in [1.82, 2.24) is 5.32 Å². The molecule has 1 aromatic carbocycles. The van der Waals surface area contributed by atoms with Gasteiger partial charge in [-0.1, -0.05) is 50.1 Å². The number of hydrogen-bond donors (Lipinski definition) is 1. The molecule has 0 radical (unpaired) electrons. The second-order valence-corrected chi connectivity index (χ2v) is 5.81. The van der Waals surface area contributed by atoms with Crippen LogP contribution in [0.15, 0.2) is 30.3 Å². The standard InChI is InChI=1S/C19H25NO5/c1-5-14(3)18(19(23)24-4)20-16(21)12-25-17(22)10-9-15-8-6-7-13(2)11-15/h6-11,14,18H,5,12H2,1-4H3,(H,20,21)/b10-9+/t14-,18+/m0/s1. The summed E-state index contributed by atoms with van der Waals surface area (Å²) in [5, 5.41) is 2.54. The van der Waals surface area contributed by atoms with Crippen molar-refractivity contribution in [3.8, 4) is 0 Å². The monoisotopic (exact) mass is 347 g/mol. The number of aryl methyl sites for hydroxylation is 1. The Morgan fingerprint density at radius 1 is 1.28 bits per heavy atom. The van der Waals surface area contributed by atoms with Gasteiger partial charge >= 0.3 is 11.9 Å². The maximum Gasteiger partial charge on any atom is 0.331 e. The molecule has 1 N–H and O–H groups in total. The van der Waals surface area contributed by atoms with Gasteiger partial charge in [0.15, 0.2) is 6.61 Å². The maximum absolute atomic E-state index is 11.9. The van der Waals surface area contributed by atoms with Crippen molar-refractivity contribution >= 4 is 23.9 Å². The molecule has 1 amide bonds. The number of carbonyl (C=O) groups excluding carboxylic acids is 3. The number of esters is 2. The van der Waals surface area contributed by atoms with Gasteiger partial charge in [-0.15, -0.1) is 0 Å². The number of ether oxygens (including phenoxy) is 2. The van der Waals surface area contributed by atoms with Gasteiger partial charge in [-0.25, -0.2) is 9.59 Å². The number of methoxy groups -OCH3 is 1. The summed E-state index contributed by atoms with van der Waals surface area (Å²) in [5.74, 6) is -1.79. The lowest BCUT2D eigenvalue weighted by atomic mass is 9.99. The summed E-state index contributed by atoms with van der Waals surface area (Å²) in [4.78, 5) is 35.3. The summed E-state index contributed by atoms with van der Waals surface area (Å²) in [5.41, 5.74) is 1.94. The zero-order valence-corrected chi connectivity index (χ0v) is 15.1. The topological polar surface area (TPSA) is 81.7 Å². The highest BCUT2D eigenvalue weighted by Crippen LogP contribution is 2.09. The molecule has 0 aliphatic rings. The highest BCUT2D eigenvalue weighted by Gasteiger charge is 2.26. The molecule has 1 rings (SSSR count). The van der Waals surface area contributed by atoms with Gasteiger partial charge < -0.3 is 14.8 Å². The molecule has 25 heavy (non-hydrogen) atoms. The van der Waals surface area contributed by atoms with Crippen molar-refractivity contribution in [2.45, 2.75) is 33.2 Å². The summed E-state index contributed by atoms with van der Waals surface area (Å²) in [6.07, 6.45) is 3.57. The molecule has 0 bridgehead atoms. The first-order valence-electron chi connectivity index (χ1n) is 8.16. The Bertz CT molecular complexity index is 638. The van der Waals surface area contributed by atoms with Crippen molar-refractivity contribution in [2.75, 3.05) is 13.7 Å². The van der Waals surface area contributed by atoms with E-state index in [0.717, 1.165) is 11.1 Å². The number of nitrogens with one attached hydrogen (secondary N) is 1. The summed E-state index contributed by atoms with van der Waals surface area (Å²) >= 11 is 0. The zero-order valence-electron chi connectivity index (χ0n) is 15.1. The lowest BCUT2D eigenvalue weighted by Gasteiger charge is -2.21. The smallest absolute Gasteiger partial charge is 0.331 e. The van der Waals surface area contributed by atoms with Gasteiger partial charge in [0.2, 0.25) is 0 Å². The highest BCUT2D eigenvalue weighted by molar-refractivity contribution is 5.90. The Morgan fingerprint density at radius 2 is 2.00 bits per heavy atom. The molecular formula is C19H25NO5. The minimum absolute atomic E-state index is 0.0895. The van der Waals surface area contributed by atoms with Gasteiger partial charge in [0.1, 0.15) is 6.04 Å². The average Bonchev–Trinajstić information content (AvgIpc) is 2.61. The summed E-state index contributed by atoms with van der Waals surface area (Å²) in [6.45, 7) is 5.23. The third-order valence-electron chi connectivity index (χ3n) is 3.78. The predicted octanol–water partition coefficient (Wildman–Crippen LogP) is 2.26. The van der Waals surface area contributed by atoms with Gasteiger partial charge in [-0.3, -0.25) is 4.79 Å². The fourth-order valence-corrected chi connectivity index (χ4v) is 2.13. The van der Waals surface area contributed by atoms with E-state index in [0.29, 0.717) is 6.42 Å². The number of amides is 1. The third-order valence-corrected chi connectivity index (χ3v) is 3.78. The summed E-state index contributed by atoms with van der Waals surface area (Å²) in [7, 11) is 1.26. The van der Waals surface area contributed by atoms with Crippen LogP contribution in [0.2, 0.25) is 0 Å². The Hall–Kier alpha value is -2.63. The normalized spacial score (nSPS) is 13.1. The van der Waals surface area contributed by atoms with Gasteiger partial charge in [-0.05, 0) is 24.5 Å². The Kier molecular flexibility index (Phi) is 8.39. The molecule has 6 nitrogen and oxygen atoms in total. The van der Waals surface area contributed by atoms with Crippen LogP contribution in [-0.2, 0) is 23.9 Å². The SMILES string of the molecule is CC[C@H](C)[C@@H](NC(=O)COC(=O)/C=C/c1cccc(C)c1)C(=O)OC. The van der Waals surface area contributed by atoms with Crippen molar-refractivity contribution in [2.24, 2.45) is 5.92 Å². The predicted molar refractivity (Wildman–Crippen MR) is 94.6 cm³/mol. The van der Waals surface area contributed by atoms with Crippen LogP contribution in [0.25, 0.3) is 6.08 Å². The van der Waals surface area contributed by atoms with E-state index in [9.17, 15) is 14.4 Å². The van der Waals surface area contributed by atoms with Crippen molar-refractivity contribution < 1.29 is 23.9 Å². The summed E-state index contributed by atoms with van der Waals surface area (Å²) in [6, 6.07) is 6.86. The highest BCUT2D eigenvalue weighted by atomic mass is 16.5. The van der Waals surface area contributed by atoms with Crippen LogP contribution in [-0.4, -0.2) is 37.6 Å². The van der Waals surface area contributed by atoms with E-state index >= 15 is 0 Å². The van der Waals surface area contributed by atoms with E-state index in [2.05, 4.69) is 10.1 Å². The lowest BCUT2D eigenvalue weighted by molar-refractivity contribution is -0.148. The fourth-order valence-electron chi connectivity index (χ4n) is 2.13. The maximum atomic E-state index is 11.9. The zero-order chi connectivity index (χ0) is 18.8. The summed E-state index contributed by atoms with van der Waals surface area (Å²) < 4.78 is 9.58. The number of hydrogen-bond acceptors (Lipinski definition) is 5. The second kappa shape index (κ2) is 10.3. The largest absolute Gasteiger partial charge is 0.467 e. The molecule has 1 aromatic rings. The quantitative estimate of drug-likeness (QED) is 0.576. The van der Waals surface area contributed by atoms with Crippen LogP contribution in [0.1, 0.15) is 31.4 Å². The van der Waals surface area contributed by atoms with E-state index in [1.165, 1.54) is 13.2 Å². The van der Waals surface area contributed by atoms with Crippen molar-refractivity contribution in [1.29, 1.82) is 0 Å². The van der Waals surface area contributed by atoms with Crippen LogP contribution in [0.5, 0.6) is 0 Å². The minimum Gasteiger partial charge on any atom is -0.467 e. The fraction of sp³-hybridized carbons (Fsp3) is 0.421. The second-order valence-electron chi connectivity index (χ2n) is 5.81. The first kappa shape index (κ1) is 20.4. The van der Waals surface area contributed by atoms with E-state index in [4.69, 9.17) is 4.74 Å². The van der Waals surface area contributed by atoms with Gasteiger partial charge in [0.25, 0.3) is 5.91 Å². The van der Waals surface area contributed by atoms with Gasteiger partial charge in [0.05, 0.1) is 7.11 Å². The molecule has 0 heterocycles. The minimum atomic E-state index is -0.760. The third kappa shape index (κ3) is 7.20. The van der Waals surface area contributed by atoms with Crippen molar-refractivity contribution in [3.63, 3.8) is 0 Å². The Morgan fingerprint density at radius 3 is 2.60 bits per heavy atom. The van der Waals surface area contributed by atoms with Crippen molar-refractivity contribution in [3.05, 3.63) is 41.5 Å². The van der Waals surface area contributed by atoms with E-state index in [1.54, 1.807) is 6.08 Å². The van der Waals surface area contributed by atoms with E-state index in [-0.39, 0.29) is 5.92 Å². The Labute approximate surface area is 148 Å². The molecule has 136 valence electrons.